The molecule has 2 aliphatic heterocycles. The fourth-order valence-corrected chi connectivity index (χ4v) is 5.56. The molecule has 0 bridgehead atoms. The second-order valence-corrected chi connectivity index (χ2v) is 9.23. The van der Waals surface area contributed by atoms with Gasteiger partial charge in [0.15, 0.2) is 0 Å². The minimum absolute atomic E-state index is 0.0948. The zero-order valence-electron chi connectivity index (χ0n) is 15.0. The van der Waals surface area contributed by atoms with E-state index >= 15 is 0 Å². The lowest BCUT2D eigenvalue weighted by Crippen LogP contribution is -2.47. The van der Waals surface area contributed by atoms with Crippen molar-refractivity contribution in [2.45, 2.75) is 37.0 Å². The van der Waals surface area contributed by atoms with Gasteiger partial charge >= 0.3 is 0 Å². The monoisotopic (exact) mass is 400 g/mol. The number of hydrogen-bond acceptors (Lipinski definition) is 4. The Morgan fingerprint density at radius 3 is 2.54 bits per heavy atom. The first-order chi connectivity index (χ1) is 12.4. The van der Waals surface area contributed by atoms with Crippen molar-refractivity contribution in [3.63, 3.8) is 0 Å². The van der Waals surface area contributed by atoms with Crippen molar-refractivity contribution in [1.29, 1.82) is 0 Å². The van der Waals surface area contributed by atoms with E-state index in [1.54, 1.807) is 6.07 Å². The predicted molar refractivity (Wildman–Crippen MR) is 99.9 cm³/mol. The first kappa shape index (κ1) is 19.5. The molecule has 6 nitrogen and oxygen atoms in total. The Kier molecular flexibility index (Phi) is 6.10. The third-order valence-corrected chi connectivity index (χ3v) is 7.32. The van der Waals surface area contributed by atoms with E-state index in [0.29, 0.717) is 18.7 Å². The van der Waals surface area contributed by atoms with Gasteiger partial charge in [-0.3, -0.25) is 4.79 Å². The van der Waals surface area contributed by atoms with Gasteiger partial charge in [0.25, 0.3) is 0 Å². The van der Waals surface area contributed by atoms with E-state index in [4.69, 9.17) is 16.3 Å². The van der Waals surface area contributed by atoms with Gasteiger partial charge in [-0.1, -0.05) is 11.6 Å². The van der Waals surface area contributed by atoms with Crippen molar-refractivity contribution in [2.24, 2.45) is 5.92 Å². The quantitative estimate of drug-likeness (QED) is 0.779. The number of likely N-dealkylation sites (tertiary alicyclic amines) is 1. The maximum atomic E-state index is 13.0. The Labute approximate surface area is 160 Å². The summed E-state index contributed by atoms with van der Waals surface area (Å²) in [5, 5.41) is 0.256. The Morgan fingerprint density at radius 2 is 1.88 bits per heavy atom. The molecule has 2 heterocycles. The summed E-state index contributed by atoms with van der Waals surface area (Å²) in [5.41, 5.74) is 0. The molecule has 1 aromatic carbocycles. The van der Waals surface area contributed by atoms with Crippen molar-refractivity contribution < 1.29 is 17.9 Å². The van der Waals surface area contributed by atoms with E-state index in [9.17, 15) is 13.2 Å². The Bertz CT molecular complexity index is 762. The van der Waals surface area contributed by atoms with Gasteiger partial charge in [-0.15, -0.1) is 0 Å². The van der Waals surface area contributed by atoms with Crippen LogP contribution in [0.4, 0.5) is 0 Å². The molecular formula is C18H25ClN2O4S. The van der Waals surface area contributed by atoms with E-state index in [2.05, 4.69) is 0 Å². The van der Waals surface area contributed by atoms with Gasteiger partial charge in [-0.05, 0) is 50.3 Å². The van der Waals surface area contributed by atoms with Crippen molar-refractivity contribution in [3.8, 4) is 5.75 Å². The molecule has 0 N–H and O–H groups in total. The lowest BCUT2D eigenvalue weighted by Gasteiger charge is -2.35. The summed E-state index contributed by atoms with van der Waals surface area (Å²) >= 11 is 6.09. The maximum Gasteiger partial charge on any atom is 0.243 e. The van der Waals surface area contributed by atoms with Gasteiger partial charge in [-0.2, -0.15) is 4.31 Å². The molecule has 1 amide bonds. The van der Waals surface area contributed by atoms with Crippen molar-refractivity contribution in [1.82, 2.24) is 9.21 Å². The highest BCUT2D eigenvalue weighted by molar-refractivity contribution is 7.89. The predicted octanol–water partition coefficient (Wildman–Crippen LogP) is 2.76. The lowest BCUT2D eigenvalue weighted by molar-refractivity contribution is -0.137. The number of amides is 1. The summed E-state index contributed by atoms with van der Waals surface area (Å²) in [5.74, 6) is 0.269. The molecule has 2 fully saturated rings. The van der Waals surface area contributed by atoms with Crippen molar-refractivity contribution in [3.05, 3.63) is 23.2 Å². The van der Waals surface area contributed by atoms with Gasteiger partial charge in [0, 0.05) is 26.2 Å². The van der Waals surface area contributed by atoms with Crippen LogP contribution >= 0.6 is 11.6 Å². The number of piperidine rings is 2. The minimum Gasteiger partial charge on any atom is -0.495 e. The smallest absolute Gasteiger partial charge is 0.243 e. The lowest BCUT2D eigenvalue weighted by atomic mass is 9.97. The van der Waals surface area contributed by atoms with E-state index in [0.717, 1.165) is 38.8 Å². The number of rotatable bonds is 4. The number of halogens is 1. The van der Waals surface area contributed by atoms with Gasteiger partial charge in [0.1, 0.15) is 5.75 Å². The van der Waals surface area contributed by atoms with Crippen LogP contribution in [0.5, 0.6) is 5.75 Å². The number of methoxy groups -OCH3 is 1. The van der Waals surface area contributed by atoms with Crippen LogP contribution in [-0.2, 0) is 14.8 Å². The molecule has 0 aromatic heterocycles. The summed E-state index contributed by atoms with van der Waals surface area (Å²) in [6.45, 7) is 2.24. The molecule has 2 saturated heterocycles. The fourth-order valence-electron chi connectivity index (χ4n) is 3.69. The number of hydrogen-bond donors (Lipinski definition) is 0. The average Bonchev–Trinajstić information content (AvgIpc) is 2.68. The van der Waals surface area contributed by atoms with Crippen molar-refractivity contribution >= 4 is 27.5 Å². The first-order valence-electron chi connectivity index (χ1n) is 9.06. The molecule has 0 spiro atoms. The third-order valence-electron chi connectivity index (χ3n) is 5.16. The molecule has 0 radical (unpaired) electrons. The zero-order valence-corrected chi connectivity index (χ0v) is 16.6. The molecule has 144 valence electrons. The fraction of sp³-hybridized carbons (Fsp3) is 0.611. The summed E-state index contributed by atoms with van der Waals surface area (Å²) in [6.07, 6.45) is 4.65. The van der Waals surface area contributed by atoms with Crippen molar-refractivity contribution in [2.75, 3.05) is 33.3 Å². The third kappa shape index (κ3) is 4.00. The van der Waals surface area contributed by atoms with Crippen LogP contribution in [-0.4, -0.2) is 56.8 Å². The second-order valence-electron chi connectivity index (χ2n) is 6.88. The van der Waals surface area contributed by atoms with Gasteiger partial charge in [-0.25, -0.2) is 8.42 Å². The highest BCUT2D eigenvalue weighted by Gasteiger charge is 2.35. The molecule has 3 rings (SSSR count). The first-order valence-corrected chi connectivity index (χ1v) is 10.9. The highest BCUT2D eigenvalue weighted by Crippen LogP contribution is 2.30. The molecule has 0 saturated carbocycles. The van der Waals surface area contributed by atoms with Crippen LogP contribution in [0.15, 0.2) is 23.1 Å². The number of sulfonamides is 1. The van der Waals surface area contributed by atoms with Crippen LogP contribution < -0.4 is 4.74 Å². The number of nitrogens with zero attached hydrogens (tertiary/aromatic N) is 2. The molecule has 26 heavy (non-hydrogen) atoms. The summed E-state index contributed by atoms with van der Waals surface area (Å²) < 4.78 is 32.5. The second kappa shape index (κ2) is 8.15. The van der Waals surface area contributed by atoms with Crippen LogP contribution in [0.2, 0.25) is 5.02 Å². The van der Waals surface area contributed by atoms with Gasteiger partial charge < -0.3 is 9.64 Å². The van der Waals surface area contributed by atoms with Crippen LogP contribution in [0.25, 0.3) is 0 Å². The minimum atomic E-state index is -3.68. The van der Waals surface area contributed by atoms with Gasteiger partial charge in [0.05, 0.1) is 22.9 Å². The molecular weight excluding hydrogens is 376 g/mol. The Balaban J connectivity index is 1.75. The average molecular weight is 401 g/mol. The number of ether oxygens (including phenoxy) is 1. The SMILES string of the molecule is COc1ccc(S(=O)(=O)N2CCC[C@@H](C(=O)N3CCCCC3)C2)cc1Cl. The van der Waals surface area contributed by atoms with Crippen LogP contribution in [0.3, 0.4) is 0 Å². The number of carbonyl (C=O) groups excluding carboxylic acids is 1. The molecule has 0 aliphatic carbocycles. The molecule has 2 aliphatic rings. The molecule has 1 atom stereocenters. The van der Waals surface area contributed by atoms with E-state index < -0.39 is 10.0 Å². The van der Waals surface area contributed by atoms with Crippen LogP contribution in [0.1, 0.15) is 32.1 Å². The topological polar surface area (TPSA) is 66.9 Å². The molecule has 8 heteroatoms. The number of carbonyl (C=O) groups is 1. The summed E-state index contributed by atoms with van der Waals surface area (Å²) in [4.78, 5) is 14.8. The zero-order chi connectivity index (χ0) is 18.7. The molecule has 1 aromatic rings. The largest absolute Gasteiger partial charge is 0.495 e. The maximum absolute atomic E-state index is 13.0. The molecule has 0 unspecified atom stereocenters. The van der Waals surface area contributed by atoms with E-state index in [-0.39, 0.29) is 28.3 Å². The normalized spacial score (nSPS) is 22.2. The Hall–Kier alpha value is -1.31. The van der Waals surface area contributed by atoms with E-state index in [1.165, 1.54) is 23.5 Å². The van der Waals surface area contributed by atoms with E-state index in [1.807, 2.05) is 4.90 Å². The van der Waals surface area contributed by atoms with Gasteiger partial charge in [0.2, 0.25) is 15.9 Å². The number of benzene rings is 1. The Morgan fingerprint density at radius 1 is 1.15 bits per heavy atom. The highest BCUT2D eigenvalue weighted by atomic mass is 35.5. The summed E-state index contributed by atoms with van der Waals surface area (Å²) in [6, 6.07) is 4.46. The standard InChI is InChI=1S/C18H25ClN2O4S/c1-25-17-8-7-15(12-16(17)19)26(23,24)21-11-5-6-14(13-21)18(22)20-9-3-2-4-10-20/h7-8,12,14H,2-6,9-11,13H2,1H3/t14-/m1/s1. The summed E-state index contributed by atoms with van der Waals surface area (Å²) in [7, 11) is -2.20. The van der Waals surface area contributed by atoms with Crippen LogP contribution in [0, 0.1) is 5.92 Å².